The minimum Gasteiger partial charge on any atom is -0.363 e. The van der Waals surface area contributed by atoms with Gasteiger partial charge in [-0.05, 0) is 43.2 Å². The number of benzene rings is 1. The Balaban J connectivity index is 1.63. The second kappa shape index (κ2) is 7.53. The summed E-state index contributed by atoms with van der Waals surface area (Å²) >= 11 is 0. The molecule has 3 aromatic rings. The minimum atomic E-state index is -0.280. The van der Waals surface area contributed by atoms with Crippen LogP contribution in [-0.4, -0.2) is 20.9 Å². The van der Waals surface area contributed by atoms with Crippen LogP contribution in [0.15, 0.2) is 55.0 Å². The number of carbonyl (C=O) groups excluding carboxylic acids is 1. The van der Waals surface area contributed by atoms with E-state index >= 15 is 0 Å². The van der Waals surface area contributed by atoms with Crippen molar-refractivity contribution in [3.8, 4) is 0 Å². The van der Waals surface area contributed by atoms with Gasteiger partial charge in [-0.25, -0.2) is 9.97 Å². The number of aromatic nitrogens is 3. The summed E-state index contributed by atoms with van der Waals surface area (Å²) in [6.45, 7) is 4.53. The molecule has 0 saturated carbocycles. The molecule has 6 heteroatoms. The lowest BCUT2D eigenvalue weighted by Gasteiger charge is -2.10. The molecule has 0 unspecified atom stereocenters. The second-order valence-electron chi connectivity index (χ2n) is 5.66. The third-order valence-electron chi connectivity index (χ3n) is 3.91. The first-order valence-electron chi connectivity index (χ1n) is 7.97. The first-order chi connectivity index (χ1) is 12.1. The molecular weight excluding hydrogens is 314 g/mol. The molecule has 2 N–H and O–H groups in total. The molecule has 0 aliphatic rings. The first kappa shape index (κ1) is 16.6. The van der Waals surface area contributed by atoms with Gasteiger partial charge >= 0.3 is 0 Å². The maximum absolute atomic E-state index is 12.3. The van der Waals surface area contributed by atoms with Gasteiger partial charge in [-0.2, -0.15) is 0 Å². The van der Waals surface area contributed by atoms with Gasteiger partial charge in [-0.1, -0.05) is 18.2 Å². The van der Waals surface area contributed by atoms with Gasteiger partial charge in [0.2, 0.25) is 0 Å². The van der Waals surface area contributed by atoms with Gasteiger partial charge < -0.3 is 10.6 Å². The SMILES string of the molecule is Cc1cccc(NC(=O)c2cnc(NCc3ccccn3)cn2)c1C. The molecule has 0 aliphatic heterocycles. The van der Waals surface area contributed by atoms with Crippen molar-refractivity contribution in [2.24, 2.45) is 0 Å². The second-order valence-corrected chi connectivity index (χ2v) is 5.66. The molecule has 0 aliphatic carbocycles. The maximum atomic E-state index is 12.3. The van der Waals surface area contributed by atoms with Crippen LogP contribution in [0.4, 0.5) is 11.5 Å². The van der Waals surface area contributed by atoms with Crippen LogP contribution >= 0.6 is 0 Å². The van der Waals surface area contributed by atoms with Crippen LogP contribution in [-0.2, 0) is 6.54 Å². The number of hydrogen-bond donors (Lipinski definition) is 2. The molecule has 25 heavy (non-hydrogen) atoms. The van der Waals surface area contributed by atoms with Gasteiger partial charge in [0.05, 0.1) is 24.6 Å². The molecule has 1 amide bonds. The number of hydrogen-bond acceptors (Lipinski definition) is 5. The monoisotopic (exact) mass is 333 g/mol. The van der Waals surface area contributed by atoms with E-state index < -0.39 is 0 Å². The van der Waals surface area contributed by atoms with Crippen LogP contribution < -0.4 is 10.6 Å². The standard InChI is InChI=1S/C19H19N5O/c1-13-6-5-8-16(14(13)2)24-19(25)17-11-23-18(12-21-17)22-10-15-7-3-4-9-20-15/h3-9,11-12H,10H2,1-2H3,(H,22,23)(H,24,25). The average Bonchev–Trinajstić information content (AvgIpc) is 2.65. The van der Waals surface area contributed by atoms with Crippen LogP contribution in [0.3, 0.4) is 0 Å². The summed E-state index contributed by atoms with van der Waals surface area (Å²) in [6.07, 6.45) is 4.74. The highest BCUT2D eigenvalue weighted by Gasteiger charge is 2.10. The van der Waals surface area contributed by atoms with Crippen molar-refractivity contribution < 1.29 is 4.79 Å². The molecule has 0 bridgehead atoms. The highest BCUT2D eigenvalue weighted by molar-refractivity contribution is 6.03. The Morgan fingerprint density at radius 3 is 2.60 bits per heavy atom. The predicted octanol–water partition coefficient (Wildman–Crippen LogP) is 3.35. The topological polar surface area (TPSA) is 79.8 Å². The van der Waals surface area contributed by atoms with Crippen LogP contribution in [0.1, 0.15) is 27.3 Å². The van der Waals surface area contributed by atoms with E-state index in [0.717, 1.165) is 22.5 Å². The minimum absolute atomic E-state index is 0.268. The lowest BCUT2D eigenvalue weighted by Crippen LogP contribution is -2.15. The lowest BCUT2D eigenvalue weighted by molar-refractivity contribution is 0.102. The third-order valence-corrected chi connectivity index (χ3v) is 3.91. The Morgan fingerprint density at radius 1 is 1.00 bits per heavy atom. The molecule has 0 atom stereocenters. The summed E-state index contributed by atoms with van der Waals surface area (Å²) in [5.74, 6) is 0.311. The van der Waals surface area contributed by atoms with Gasteiger partial charge in [0.25, 0.3) is 5.91 Å². The van der Waals surface area contributed by atoms with E-state index in [-0.39, 0.29) is 11.6 Å². The van der Waals surface area contributed by atoms with Crippen molar-refractivity contribution in [2.75, 3.05) is 10.6 Å². The number of nitrogens with zero attached hydrogens (tertiary/aromatic N) is 3. The zero-order valence-electron chi connectivity index (χ0n) is 14.2. The normalized spacial score (nSPS) is 10.3. The van der Waals surface area contributed by atoms with Gasteiger partial charge in [0.1, 0.15) is 11.5 Å². The summed E-state index contributed by atoms with van der Waals surface area (Å²) in [5.41, 5.74) is 4.12. The summed E-state index contributed by atoms with van der Waals surface area (Å²) in [7, 11) is 0. The third kappa shape index (κ3) is 4.17. The zero-order valence-corrected chi connectivity index (χ0v) is 14.2. The average molecular weight is 333 g/mol. The largest absolute Gasteiger partial charge is 0.363 e. The highest BCUT2D eigenvalue weighted by atomic mass is 16.1. The molecule has 2 aromatic heterocycles. The van der Waals surface area contributed by atoms with E-state index in [0.29, 0.717) is 12.4 Å². The van der Waals surface area contributed by atoms with Crippen molar-refractivity contribution in [1.82, 2.24) is 15.0 Å². The summed E-state index contributed by atoms with van der Waals surface area (Å²) < 4.78 is 0. The molecule has 0 saturated heterocycles. The fraction of sp³-hybridized carbons (Fsp3) is 0.158. The van der Waals surface area contributed by atoms with E-state index in [9.17, 15) is 4.79 Å². The maximum Gasteiger partial charge on any atom is 0.275 e. The number of anilines is 2. The van der Waals surface area contributed by atoms with Crippen LogP contribution in [0, 0.1) is 13.8 Å². The summed E-state index contributed by atoms with van der Waals surface area (Å²) in [4.78, 5) is 25.0. The molecule has 126 valence electrons. The van der Waals surface area contributed by atoms with Gasteiger partial charge in [-0.3, -0.25) is 9.78 Å². The molecular formula is C19H19N5O. The number of aryl methyl sites for hydroxylation is 1. The Hall–Kier alpha value is -3.28. The Labute approximate surface area is 146 Å². The molecule has 1 aromatic carbocycles. The predicted molar refractivity (Wildman–Crippen MR) is 97.5 cm³/mol. The molecule has 0 fully saturated rings. The van der Waals surface area contributed by atoms with E-state index in [1.54, 1.807) is 12.4 Å². The van der Waals surface area contributed by atoms with E-state index in [2.05, 4.69) is 25.6 Å². The summed E-state index contributed by atoms with van der Waals surface area (Å²) in [5, 5.41) is 6.00. The van der Waals surface area contributed by atoms with E-state index in [4.69, 9.17) is 0 Å². The van der Waals surface area contributed by atoms with E-state index in [1.165, 1.54) is 6.20 Å². The smallest absolute Gasteiger partial charge is 0.275 e. The van der Waals surface area contributed by atoms with Crippen LogP contribution in [0.2, 0.25) is 0 Å². The quantitative estimate of drug-likeness (QED) is 0.748. The van der Waals surface area contributed by atoms with Gasteiger partial charge in [0, 0.05) is 11.9 Å². The van der Waals surface area contributed by atoms with Crippen molar-refractivity contribution in [1.29, 1.82) is 0 Å². The van der Waals surface area contributed by atoms with Crippen molar-refractivity contribution in [3.05, 3.63) is 77.5 Å². The molecule has 6 nitrogen and oxygen atoms in total. The Kier molecular flexibility index (Phi) is 4.99. The zero-order chi connectivity index (χ0) is 17.6. The molecule has 0 spiro atoms. The molecule has 3 rings (SSSR count). The van der Waals surface area contributed by atoms with Crippen molar-refractivity contribution in [3.63, 3.8) is 0 Å². The Morgan fingerprint density at radius 2 is 1.88 bits per heavy atom. The number of amides is 1. The Bertz CT molecular complexity index is 863. The lowest BCUT2D eigenvalue weighted by atomic mass is 10.1. The number of pyridine rings is 1. The van der Waals surface area contributed by atoms with Crippen molar-refractivity contribution in [2.45, 2.75) is 20.4 Å². The van der Waals surface area contributed by atoms with Crippen LogP contribution in [0.25, 0.3) is 0 Å². The summed E-state index contributed by atoms with van der Waals surface area (Å²) in [6, 6.07) is 11.5. The number of nitrogens with one attached hydrogen (secondary N) is 2. The molecule has 0 radical (unpaired) electrons. The van der Waals surface area contributed by atoms with Crippen LogP contribution in [0.5, 0.6) is 0 Å². The molecule has 2 heterocycles. The number of rotatable bonds is 5. The first-order valence-corrected chi connectivity index (χ1v) is 7.97. The van der Waals surface area contributed by atoms with Gasteiger partial charge in [0.15, 0.2) is 0 Å². The van der Waals surface area contributed by atoms with Gasteiger partial charge in [-0.15, -0.1) is 0 Å². The fourth-order valence-electron chi connectivity index (χ4n) is 2.29. The fourth-order valence-corrected chi connectivity index (χ4v) is 2.29. The highest BCUT2D eigenvalue weighted by Crippen LogP contribution is 2.18. The number of carbonyl (C=O) groups is 1. The van der Waals surface area contributed by atoms with Crippen molar-refractivity contribution >= 4 is 17.4 Å². The van der Waals surface area contributed by atoms with E-state index in [1.807, 2.05) is 50.2 Å².